The van der Waals surface area contributed by atoms with E-state index in [4.69, 9.17) is 0 Å². The van der Waals surface area contributed by atoms with Crippen LogP contribution >= 0.6 is 11.3 Å². The third-order valence-corrected chi connectivity index (χ3v) is 5.16. The van der Waals surface area contributed by atoms with E-state index in [1.54, 1.807) is 6.92 Å². The van der Waals surface area contributed by atoms with Crippen molar-refractivity contribution in [3.8, 4) is 0 Å². The number of anilines is 1. The number of rotatable bonds is 3. The number of hydrogen-bond acceptors (Lipinski definition) is 6. The first-order chi connectivity index (χ1) is 7.94. The van der Waals surface area contributed by atoms with Crippen LogP contribution in [-0.4, -0.2) is 36.0 Å². The van der Waals surface area contributed by atoms with Gasteiger partial charge in [-0.3, -0.25) is 4.79 Å². The molecule has 0 radical (unpaired) electrons. The third kappa shape index (κ3) is 3.47. The normalized spacial score (nSPS) is 22.5. The fourth-order valence-electron chi connectivity index (χ4n) is 1.81. The van der Waals surface area contributed by atoms with Crippen molar-refractivity contribution in [1.29, 1.82) is 0 Å². The van der Waals surface area contributed by atoms with Gasteiger partial charge >= 0.3 is 0 Å². The molecule has 0 saturated carbocycles. The molecule has 1 N–H and O–H groups in total. The summed E-state index contributed by atoms with van der Waals surface area (Å²) in [6.07, 6.45) is 0.808. The average Bonchev–Trinajstić information content (AvgIpc) is 2.73. The molecule has 1 atom stereocenters. The highest BCUT2D eigenvalue weighted by atomic mass is 32.2. The first kappa shape index (κ1) is 12.4. The van der Waals surface area contributed by atoms with Gasteiger partial charge in [0.05, 0.1) is 11.5 Å². The Balaban J connectivity index is 1.86. The smallest absolute Gasteiger partial charge is 0.226 e. The first-order valence-electron chi connectivity index (χ1n) is 5.25. The second-order valence-electron chi connectivity index (χ2n) is 4.15. The lowest BCUT2D eigenvalue weighted by molar-refractivity contribution is -0.116. The number of carbonyl (C=O) groups excluding carboxylic acids is 1. The molecule has 2 rings (SSSR count). The Morgan fingerprint density at radius 2 is 2.29 bits per heavy atom. The molecule has 17 heavy (non-hydrogen) atoms. The van der Waals surface area contributed by atoms with Gasteiger partial charge in [-0.25, -0.2) is 8.42 Å². The molecular formula is C9H13N3O3S2. The average molecular weight is 275 g/mol. The zero-order valence-electron chi connectivity index (χ0n) is 9.34. The largest absolute Gasteiger partial charge is 0.301 e. The molecule has 1 aliphatic heterocycles. The maximum atomic E-state index is 11.6. The van der Waals surface area contributed by atoms with Crippen molar-refractivity contribution < 1.29 is 13.2 Å². The Kier molecular flexibility index (Phi) is 3.43. The van der Waals surface area contributed by atoms with E-state index >= 15 is 0 Å². The van der Waals surface area contributed by atoms with Crippen LogP contribution in [-0.2, 0) is 14.6 Å². The number of amides is 1. The number of aromatic nitrogens is 2. The molecule has 1 amide bonds. The Bertz CT molecular complexity index is 523. The maximum Gasteiger partial charge on any atom is 0.226 e. The molecular weight excluding hydrogens is 262 g/mol. The molecule has 94 valence electrons. The molecule has 8 heteroatoms. The summed E-state index contributed by atoms with van der Waals surface area (Å²) in [5.41, 5.74) is 0. The van der Waals surface area contributed by atoms with Crippen molar-refractivity contribution >= 4 is 32.2 Å². The second-order valence-corrected chi connectivity index (χ2v) is 7.56. The van der Waals surface area contributed by atoms with E-state index in [9.17, 15) is 13.2 Å². The van der Waals surface area contributed by atoms with E-state index in [1.807, 2.05) is 0 Å². The number of nitrogens with one attached hydrogen (secondary N) is 1. The van der Waals surface area contributed by atoms with E-state index in [0.29, 0.717) is 11.6 Å². The zero-order valence-corrected chi connectivity index (χ0v) is 11.0. The van der Waals surface area contributed by atoms with Gasteiger partial charge < -0.3 is 5.32 Å². The SMILES string of the molecule is Cc1nnc(NC(=O)CC2CCS(=O)(=O)C2)s1. The molecule has 1 aliphatic rings. The van der Waals surface area contributed by atoms with E-state index < -0.39 is 9.84 Å². The quantitative estimate of drug-likeness (QED) is 0.873. The van der Waals surface area contributed by atoms with Gasteiger partial charge in [0, 0.05) is 6.42 Å². The lowest BCUT2D eigenvalue weighted by Crippen LogP contribution is -2.17. The summed E-state index contributed by atoms with van der Waals surface area (Å²) in [6.45, 7) is 1.80. The summed E-state index contributed by atoms with van der Waals surface area (Å²) >= 11 is 1.30. The molecule has 0 aromatic carbocycles. The summed E-state index contributed by atoms with van der Waals surface area (Å²) < 4.78 is 22.5. The summed E-state index contributed by atoms with van der Waals surface area (Å²) in [6, 6.07) is 0. The highest BCUT2D eigenvalue weighted by molar-refractivity contribution is 7.91. The standard InChI is InChI=1S/C9H13N3O3S2/c1-6-11-12-9(16-6)10-8(13)4-7-2-3-17(14,15)5-7/h7H,2-5H2,1H3,(H,10,12,13). The van der Waals surface area contributed by atoms with Crippen LogP contribution in [0.5, 0.6) is 0 Å². The van der Waals surface area contributed by atoms with Crippen LogP contribution in [0.2, 0.25) is 0 Å². The van der Waals surface area contributed by atoms with E-state index in [1.165, 1.54) is 11.3 Å². The fourth-order valence-corrected chi connectivity index (χ4v) is 4.28. The third-order valence-electron chi connectivity index (χ3n) is 2.57. The lowest BCUT2D eigenvalue weighted by atomic mass is 10.1. The van der Waals surface area contributed by atoms with Gasteiger partial charge in [-0.2, -0.15) is 0 Å². The van der Waals surface area contributed by atoms with Crippen molar-refractivity contribution in [2.75, 3.05) is 16.8 Å². The van der Waals surface area contributed by atoms with Crippen LogP contribution in [0.15, 0.2) is 0 Å². The van der Waals surface area contributed by atoms with Crippen molar-refractivity contribution in [3.63, 3.8) is 0 Å². The topological polar surface area (TPSA) is 89.0 Å². The molecule has 6 nitrogen and oxygen atoms in total. The molecule has 1 aromatic heterocycles. The summed E-state index contributed by atoms with van der Waals surface area (Å²) in [5, 5.41) is 11.4. The summed E-state index contributed by atoms with van der Waals surface area (Å²) in [4.78, 5) is 11.6. The van der Waals surface area contributed by atoms with Crippen LogP contribution in [0.4, 0.5) is 5.13 Å². The van der Waals surface area contributed by atoms with Crippen molar-refractivity contribution in [2.45, 2.75) is 19.8 Å². The molecule has 0 spiro atoms. The minimum atomic E-state index is -2.92. The predicted molar refractivity (Wildman–Crippen MR) is 64.7 cm³/mol. The summed E-state index contributed by atoms with van der Waals surface area (Å²) in [5.74, 6) is 0.0654. The van der Waals surface area contributed by atoms with Gasteiger partial charge in [-0.15, -0.1) is 10.2 Å². The second kappa shape index (κ2) is 4.69. The van der Waals surface area contributed by atoms with Crippen LogP contribution in [0.1, 0.15) is 17.8 Å². The number of aryl methyl sites for hydroxylation is 1. The molecule has 1 unspecified atom stereocenters. The van der Waals surface area contributed by atoms with Gasteiger partial charge in [0.1, 0.15) is 5.01 Å². The number of nitrogens with zero attached hydrogens (tertiary/aromatic N) is 2. The fraction of sp³-hybridized carbons (Fsp3) is 0.667. The minimum absolute atomic E-state index is 0.0611. The Labute approximate surface area is 103 Å². The molecule has 1 saturated heterocycles. The lowest BCUT2D eigenvalue weighted by Gasteiger charge is -2.05. The Morgan fingerprint density at radius 1 is 1.53 bits per heavy atom. The summed E-state index contributed by atoms with van der Waals surface area (Å²) in [7, 11) is -2.92. The van der Waals surface area contributed by atoms with Gasteiger partial charge in [0.25, 0.3) is 0 Å². The number of hydrogen-bond donors (Lipinski definition) is 1. The predicted octanol–water partition coefficient (Wildman–Crippen LogP) is 0.610. The van der Waals surface area contributed by atoms with E-state index in [2.05, 4.69) is 15.5 Å². The van der Waals surface area contributed by atoms with Gasteiger partial charge in [-0.05, 0) is 19.3 Å². The Hall–Kier alpha value is -1.02. The molecule has 0 aliphatic carbocycles. The van der Waals surface area contributed by atoms with Crippen LogP contribution < -0.4 is 5.32 Å². The van der Waals surface area contributed by atoms with E-state index in [-0.39, 0.29) is 29.8 Å². The number of carbonyl (C=O) groups is 1. The molecule has 0 bridgehead atoms. The monoisotopic (exact) mass is 275 g/mol. The molecule has 1 aromatic rings. The Morgan fingerprint density at radius 3 is 2.82 bits per heavy atom. The van der Waals surface area contributed by atoms with Gasteiger partial charge in [0.2, 0.25) is 11.0 Å². The molecule has 2 heterocycles. The highest BCUT2D eigenvalue weighted by Crippen LogP contribution is 2.22. The maximum absolute atomic E-state index is 11.6. The van der Waals surface area contributed by atoms with Crippen molar-refractivity contribution in [1.82, 2.24) is 10.2 Å². The van der Waals surface area contributed by atoms with Crippen molar-refractivity contribution in [3.05, 3.63) is 5.01 Å². The van der Waals surface area contributed by atoms with Crippen LogP contribution in [0, 0.1) is 12.8 Å². The zero-order chi connectivity index (χ0) is 12.5. The van der Waals surface area contributed by atoms with Gasteiger partial charge in [-0.1, -0.05) is 11.3 Å². The van der Waals surface area contributed by atoms with E-state index in [0.717, 1.165) is 5.01 Å². The molecule has 1 fully saturated rings. The highest BCUT2D eigenvalue weighted by Gasteiger charge is 2.29. The van der Waals surface area contributed by atoms with Gasteiger partial charge in [0.15, 0.2) is 9.84 Å². The van der Waals surface area contributed by atoms with Crippen molar-refractivity contribution in [2.24, 2.45) is 5.92 Å². The van der Waals surface area contributed by atoms with Crippen LogP contribution in [0.3, 0.4) is 0 Å². The number of sulfone groups is 1. The first-order valence-corrected chi connectivity index (χ1v) is 7.89. The minimum Gasteiger partial charge on any atom is -0.301 e. The van der Waals surface area contributed by atoms with Crippen LogP contribution in [0.25, 0.3) is 0 Å².